The summed E-state index contributed by atoms with van der Waals surface area (Å²) in [6.07, 6.45) is 1.75. The SMILES string of the molecule is COc1ccc(C2CC(N=C(N)Nc3ccc(C)c(C)c3)C2)cc1F. The molecular formula is C20H24FN3O. The van der Waals surface area contributed by atoms with Gasteiger partial charge in [-0.1, -0.05) is 12.1 Å². The van der Waals surface area contributed by atoms with Gasteiger partial charge in [0.2, 0.25) is 0 Å². The van der Waals surface area contributed by atoms with E-state index >= 15 is 0 Å². The number of hydrogen-bond donors (Lipinski definition) is 2. The number of nitrogens with one attached hydrogen (secondary N) is 1. The van der Waals surface area contributed by atoms with Gasteiger partial charge in [0.25, 0.3) is 0 Å². The third-order valence-corrected chi connectivity index (χ3v) is 4.86. The number of ether oxygens (including phenoxy) is 1. The standard InChI is InChI=1S/C20H24FN3O/c1-12-4-6-16(8-13(12)2)23-20(22)24-17-9-15(10-17)14-5-7-19(25-3)18(21)11-14/h4-8,11,15,17H,9-10H2,1-3H3,(H3,22,23,24). The largest absolute Gasteiger partial charge is 0.494 e. The predicted molar refractivity (Wildman–Crippen MR) is 99.9 cm³/mol. The highest BCUT2D eigenvalue weighted by Crippen LogP contribution is 2.39. The smallest absolute Gasteiger partial charge is 0.193 e. The molecule has 0 radical (unpaired) electrons. The first-order valence-electron chi connectivity index (χ1n) is 8.47. The van der Waals surface area contributed by atoms with Gasteiger partial charge in [-0.25, -0.2) is 9.38 Å². The van der Waals surface area contributed by atoms with Crippen molar-refractivity contribution in [3.63, 3.8) is 0 Å². The molecule has 5 heteroatoms. The number of anilines is 1. The lowest BCUT2D eigenvalue weighted by atomic mass is 9.76. The Labute approximate surface area is 147 Å². The molecule has 0 bridgehead atoms. The molecule has 1 fully saturated rings. The molecule has 3 N–H and O–H groups in total. The van der Waals surface area contributed by atoms with E-state index in [1.165, 1.54) is 18.2 Å². The Bertz CT molecular complexity index is 798. The zero-order chi connectivity index (χ0) is 18.0. The van der Waals surface area contributed by atoms with Crippen molar-refractivity contribution in [2.24, 2.45) is 10.7 Å². The van der Waals surface area contributed by atoms with Crippen molar-refractivity contribution in [3.8, 4) is 5.75 Å². The van der Waals surface area contributed by atoms with Crippen molar-refractivity contribution in [2.45, 2.75) is 38.6 Å². The van der Waals surface area contributed by atoms with E-state index in [0.29, 0.717) is 11.9 Å². The summed E-state index contributed by atoms with van der Waals surface area (Å²) in [7, 11) is 1.47. The summed E-state index contributed by atoms with van der Waals surface area (Å²) in [5.74, 6) is 0.707. The first-order valence-corrected chi connectivity index (χ1v) is 8.47. The quantitative estimate of drug-likeness (QED) is 0.649. The zero-order valence-corrected chi connectivity index (χ0v) is 14.8. The molecule has 0 atom stereocenters. The van der Waals surface area contributed by atoms with Crippen molar-refractivity contribution in [2.75, 3.05) is 12.4 Å². The topological polar surface area (TPSA) is 59.6 Å². The number of nitrogens with zero attached hydrogens (tertiary/aromatic N) is 1. The molecule has 1 aliphatic carbocycles. The lowest BCUT2D eigenvalue weighted by molar-refractivity contribution is 0.349. The van der Waals surface area contributed by atoms with Crippen LogP contribution in [0.25, 0.3) is 0 Å². The predicted octanol–water partition coefficient (Wildman–Crippen LogP) is 4.12. The van der Waals surface area contributed by atoms with Crippen LogP contribution in [-0.4, -0.2) is 19.1 Å². The Balaban J connectivity index is 1.57. The van der Waals surface area contributed by atoms with E-state index in [0.717, 1.165) is 24.1 Å². The summed E-state index contributed by atoms with van der Waals surface area (Å²) in [5, 5.41) is 3.14. The number of aryl methyl sites for hydroxylation is 2. The lowest BCUT2D eigenvalue weighted by Crippen LogP contribution is -2.31. The van der Waals surface area contributed by atoms with Crippen LogP contribution >= 0.6 is 0 Å². The summed E-state index contributed by atoms with van der Waals surface area (Å²) in [6, 6.07) is 11.4. The fourth-order valence-corrected chi connectivity index (χ4v) is 3.10. The van der Waals surface area contributed by atoms with E-state index in [2.05, 4.69) is 36.3 Å². The number of halogens is 1. The van der Waals surface area contributed by atoms with Crippen LogP contribution < -0.4 is 15.8 Å². The van der Waals surface area contributed by atoms with Crippen molar-refractivity contribution in [3.05, 3.63) is 58.9 Å². The molecule has 0 aromatic heterocycles. The number of benzene rings is 2. The molecule has 2 aromatic rings. The monoisotopic (exact) mass is 341 g/mol. The second-order valence-corrected chi connectivity index (χ2v) is 6.65. The molecule has 3 rings (SSSR count). The molecule has 0 heterocycles. The Hall–Kier alpha value is -2.56. The maximum absolute atomic E-state index is 13.8. The average Bonchev–Trinajstić information content (AvgIpc) is 2.54. The zero-order valence-electron chi connectivity index (χ0n) is 14.8. The van der Waals surface area contributed by atoms with Gasteiger partial charge in [0.05, 0.1) is 13.2 Å². The summed E-state index contributed by atoms with van der Waals surface area (Å²) in [5.41, 5.74) is 10.4. The van der Waals surface area contributed by atoms with E-state index in [1.54, 1.807) is 12.1 Å². The van der Waals surface area contributed by atoms with Crippen molar-refractivity contribution in [1.29, 1.82) is 0 Å². The molecule has 0 spiro atoms. The number of aliphatic imine (C=N–C) groups is 1. The van der Waals surface area contributed by atoms with E-state index in [9.17, 15) is 4.39 Å². The molecule has 1 aliphatic rings. The Morgan fingerprint density at radius 3 is 2.56 bits per heavy atom. The molecule has 0 unspecified atom stereocenters. The minimum Gasteiger partial charge on any atom is -0.494 e. The lowest BCUT2D eigenvalue weighted by Gasteiger charge is -2.33. The van der Waals surface area contributed by atoms with Gasteiger partial charge in [0.1, 0.15) is 0 Å². The van der Waals surface area contributed by atoms with Crippen LogP contribution in [-0.2, 0) is 0 Å². The summed E-state index contributed by atoms with van der Waals surface area (Å²) in [4.78, 5) is 4.53. The van der Waals surface area contributed by atoms with Crippen LogP contribution in [0.15, 0.2) is 41.4 Å². The van der Waals surface area contributed by atoms with E-state index in [-0.39, 0.29) is 17.6 Å². The van der Waals surface area contributed by atoms with Gasteiger partial charge in [-0.3, -0.25) is 0 Å². The molecule has 0 saturated heterocycles. The number of guanidine groups is 1. The van der Waals surface area contributed by atoms with Gasteiger partial charge in [0, 0.05) is 5.69 Å². The highest BCUT2D eigenvalue weighted by Gasteiger charge is 2.30. The average molecular weight is 341 g/mol. The summed E-state index contributed by atoms with van der Waals surface area (Å²) < 4.78 is 18.8. The van der Waals surface area contributed by atoms with Gasteiger partial charge >= 0.3 is 0 Å². The van der Waals surface area contributed by atoms with Crippen molar-refractivity contribution in [1.82, 2.24) is 0 Å². The number of methoxy groups -OCH3 is 1. The van der Waals surface area contributed by atoms with Crippen LogP contribution in [0, 0.1) is 19.7 Å². The van der Waals surface area contributed by atoms with Crippen LogP contribution in [0.2, 0.25) is 0 Å². The van der Waals surface area contributed by atoms with E-state index in [4.69, 9.17) is 10.5 Å². The molecule has 0 amide bonds. The van der Waals surface area contributed by atoms with Crippen LogP contribution in [0.4, 0.5) is 10.1 Å². The molecule has 25 heavy (non-hydrogen) atoms. The molecule has 2 aromatic carbocycles. The number of rotatable bonds is 4. The minimum absolute atomic E-state index is 0.175. The maximum Gasteiger partial charge on any atom is 0.193 e. The molecule has 132 valence electrons. The second-order valence-electron chi connectivity index (χ2n) is 6.65. The van der Waals surface area contributed by atoms with E-state index < -0.39 is 0 Å². The normalized spacial score (nSPS) is 20.1. The van der Waals surface area contributed by atoms with Gasteiger partial charge in [-0.05, 0) is 73.6 Å². The van der Waals surface area contributed by atoms with Gasteiger partial charge in [0.15, 0.2) is 17.5 Å². The van der Waals surface area contributed by atoms with Crippen molar-refractivity contribution < 1.29 is 9.13 Å². The first kappa shape index (κ1) is 17.3. The number of nitrogens with two attached hydrogens (primary N) is 1. The third-order valence-electron chi connectivity index (χ3n) is 4.86. The van der Waals surface area contributed by atoms with Crippen molar-refractivity contribution >= 4 is 11.6 Å². The van der Waals surface area contributed by atoms with Crippen LogP contribution in [0.5, 0.6) is 5.75 Å². The molecule has 4 nitrogen and oxygen atoms in total. The Kier molecular flexibility index (Phi) is 4.93. The summed E-state index contributed by atoms with van der Waals surface area (Å²) in [6.45, 7) is 4.14. The third kappa shape index (κ3) is 3.92. The number of hydrogen-bond acceptors (Lipinski definition) is 2. The molecule has 1 saturated carbocycles. The minimum atomic E-state index is -0.317. The highest BCUT2D eigenvalue weighted by molar-refractivity contribution is 5.92. The second kappa shape index (κ2) is 7.13. The molecule has 0 aliphatic heterocycles. The van der Waals surface area contributed by atoms with E-state index in [1.807, 2.05) is 12.1 Å². The maximum atomic E-state index is 13.8. The first-order chi connectivity index (χ1) is 12.0. The van der Waals surface area contributed by atoms with Crippen LogP contribution in [0.1, 0.15) is 35.4 Å². The summed E-state index contributed by atoms with van der Waals surface area (Å²) >= 11 is 0. The highest BCUT2D eigenvalue weighted by atomic mass is 19.1. The van der Waals surface area contributed by atoms with Crippen LogP contribution in [0.3, 0.4) is 0 Å². The fourth-order valence-electron chi connectivity index (χ4n) is 3.10. The van der Waals surface area contributed by atoms with Gasteiger partial charge < -0.3 is 15.8 Å². The van der Waals surface area contributed by atoms with Gasteiger partial charge in [-0.2, -0.15) is 0 Å². The Morgan fingerprint density at radius 2 is 1.92 bits per heavy atom. The fraction of sp³-hybridized carbons (Fsp3) is 0.350. The van der Waals surface area contributed by atoms with Gasteiger partial charge in [-0.15, -0.1) is 0 Å². The Morgan fingerprint density at radius 1 is 1.16 bits per heavy atom. The molecular weight excluding hydrogens is 317 g/mol.